The summed E-state index contributed by atoms with van der Waals surface area (Å²) in [6.07, 6.45) is 0. The van der Waals surface area contributed by atoms with Gasteiger partial charge in [-0.25, -0.2) is 0 Å². The predicted octanol–water partition coefficient (Wildman–Crippen LogP) is -10.4. The molecule has 0 radical (unpaired) electrons. The van der Waals surface area contributed by atoms with Crippen LogP contribution in [0.3, 0.4) is 0 Å². The predicted molar refractivity (Wildman–Crippen MR) is 1.37 cm³/mol. The third-order valence-corrected chi connectivity index (χ3v) is 0. The zero-order chi connectivity index (χ0) is 3.58. The summed E-state index contributed by atoms with van der Waals surface area (Å²) >= 11 is -4.34. The number of halogens is 1. The van der Waals surface area contributed by atoms with Crippen LogP contribution in [0.5, 0.6) is 0 Å². The van der Waals surface area contributed by atoms with Crippen molar-refractivity contribution in [3.05, 3.63) is 0 Å². The Balaban J connectivity index is -0.0000000150. The third-order valence-electron chi connectivity index (χ3n) is 0. The van der Waals surface area contributed by atoms with Gasteiger partial charge in [-0.15, -0.1) is 0 Å². The summed E-state index contributed by atoms with van der Waals surface area (Å²) in [5.74, 6) is 0. The van der Waals surface area contributed by atoms with Crippen molar-refractivity contribution >= 4 is 0 Å². The Morgan fingerprint density at radius 2 is 1.14 bits per heavy atom. The fourth-order valence-corrected chi connectivity index (χ4v) is 0. The summed E-state index contributed by atoms with van der Waals surface area (Å²) in [5, 5.41) is 0. The molecule has 0 unspecified atom stereocenters. The Kier molecular flexibility index (Phi) is 52.1. The maximum atomic E-state index is 8.62. The van der Waals surface area contributed by atoms with Crippen LogP contribution in [0, 0.1) is 0 Å². The molecular weight excluding hydrogens is 326 g/mol. The summed E-state index contributed by atoms with van der Waals surface area (Å²) < 4.78 is 25.9. The molecule has 7 heavy (non-hydrogen) atoms. The molecule has 0 aromatic carbocycles. The molecule has 0 aliphatic carbocycles. The van der Waals surface area contributed by atoms with Crippen molar-refractivity contribution in [3.8, 4) is 0 Å². The molecule has 0 atom stereocenters. The zero-order valence-corrected chi connectivity index (χ0v) is 13.5. The second-order valence-electron chi connectivity index (χ2n) is 0.224. The van der Waals surface area contributed by atoms with E-state index in [4.69, 9.17) is 10.1 Å². The molecule has 0 aromatic heterocycles. The van der Waals surface area contributed by atoms with E-state index >= 15 is 0 Å². The van der Waals surface area contributed by atoms with Crippen LogP contribution in [0.15, 0.2) is 0 Å². The van der Waals surface area contributed by atoms with Gasteiger partial charge in [0.1, 0.15) is 0 Å². The van der Waals surface area contributed by atoms with Gasteiger partial charge in [-0.3, -0.25) is 0 Å². The first-order chi connectivity index (χ1) is 1.73. The quantitative estimate of drug-likeness (QED) is 0.416. The normalized spacial score (nSPS) is 3.57. The minimum atomic E-state index is -4.34. The maximum absolute atomic E-state index is 8.62. The summed E-state index contributed by atoms with van der Waals surface area (Å²) in [5.41, 5.74) is 0. The Labute approximate surface area is 132 Å². The second-order valence-corrected chi connectivity index (χ2v) is 1.83. The Morgan fingerprint density at radius 1 is 1.14 bits per heavy atom. The first-order valence-corrected chi connectivity index (χ1v) is 4.48. The molecule has 0 fully saturated rings. The van der Waals surface area contributed by atoms with Crippen molar-refractivity contribution in [2.24, 2.45) is 0 Å². The average Bonchev–Trinajstić information content (AvgIpc) is 0.811. The molecule has 0 N–H and O–H groups in total. The van der Waals surface area contributed by atoms with E-state index in [0.29, 0.717) is 0 Å². The molecule has 0 bridgehead atoms. The van der Waals surface area contributed by atoms with Gasteiger partial charge in [0.15, 0.2) is 0 Å². The van der Waals surface area contributed by atoms with Gasteiger partial charge < -0.3 is 4.70 Å². The van der Waals surface area contributed by atoms with E-state index in [1.165, 1.54) is 0 Å². The molecule has 0 rings (SSSR count). The molecule has 0 saturated heterocycles. The minimum absolute atomic E-state index is 0. The Bertz CT molecular complexity index is 61.3. The van der Waals surface area contributed by atoms with Crippen LogP contribution in [-0.4, -0.2) is 0 Å². The van der Waals surface area contributed by atoms with E-state index in [1.54, 1.807) is 0 Å². The standard InChI is InChI=1S/FH.2K.3O.Ta/h1H;;;;;;/q;2*+1;;;-1;/p-1. The van der Waals surface area contributed by atoms with Crippen LogP contribution in [0.4, 0.5) is 0 Å². The molecule has 0 saturated carbocycles. The van der Waals surface area contributed by atoms with Crippen molar-refractivity contribution in [1.29, 1.82) is 0 Å². The molecule has 0 amide bonds. The van der Waals surface area contributed by atoms with Crippen LogP contribution >= 0.6 is 0 Å². The van der Waals surface area contributed by atoms with Gasteiger partial charge >= 0.3 is 132 Å². The van der Waals surface area contributed by atoms with Crippen LogP contribution in [-0.2, 0) is 25.3 Å². The van der Waals surface area contributed by atoms with Gasteiger partial charge in [0.2, 0.25) is 0 Å². The fraction of sp³-hybridized carbons (Fsp3) is 0. The molecule has 0 aliphatic rings. The van der Waals surface area contributed by atoms with Crippen molar-refractivity contribution in [1.82, 2.24) is 0 Å². The van der Waals surface area contributed by atoms with Crippen molar-refractivity contribution in [2.45, 2.75) is 0 Å². The van der Waals surface area contributed by atoms with Gasteiger partial charge in [0.05, 0.1) is 0 Å². The molecule has 0 spiro atoms. The van der Waals surface area contributed by atoms with Gasteiger partial charge in [-0.2, -0.15) is 0 Å². The van der Waals surface area contributed by atoms with Gasteiger partial charge in [-0.1, -0.05) is 0 Å². The first kappa shape index (κ1) is 22.4. The molecule has 3 nitrogen and oxygen atoms in total. The van der Waals surface area contributed by atoms with Crippen LogP contribution in [0.25, 0.3) is 0 Å². The van der Waals surface area contributed by atoms with Crippen LogP contribution < -0.4 is 111 Å². The van der Waals surface area contributed by atoms with Gasteiger partial charge in [-0.05, 0) is 0 Å². The van der Waals surface area contributed by atoms with Crippen molar-refractivity contribution in [3.63, 3.8) is 0 Å². The molecule has 7 heteroatoms. The molecular formula is FK2O3Ta. The topological polar surface area (TPSA) is 57.2 Å². The summed E-state index contributed by atoms with van der Waals surface area (Å²) in [6, 6.07) is 0. The zero-order valence-electron chi connectivity index (χ0n) is 4.05. The van der Waals surface area contributed by atoms with Crippen molar-refractivity contribution in [2.75, 3.05) is 0 Å². The van der Waals surface area contributed by atoms with E-state index < -0.39 is 18.8 Å². The first-order valence-electron chi connectivity index (χ1n) is 0.548. The molecule has 0 aromatic rings. The number of rotatable bonds is 0. The van der Waals surface area contributed by atoms with E-state index in [9.17, 15) is 0 Å². The molecule has 32 valence electrons. The van der Waals surface area contributed by atoms with E-state index in [0.717, 1.165) is 0 Å². The Hall–Kier alpha value is 3.50. The van der Waals surface area contributed by atoms with Crippen molar-refractivity contribution < 1.29 is 136 Å². The fourth-order valence-electron chi connectivity index (χ4n) is 0. The molecule has 0 aliphatic heterocycles. The van der Waals surface area contributed by atoms with Gasteiger partial charge in [0.25, 0.3) is 0 Å². The molecule has 0 heterocycles. The summed E-state index contributed by atoms with van der Waals surface area (Å²) in [6.45, 7) is 0. The SMILES string of the molecule is [F-].[K+].[K+].[O]=[Ta](=[O])[O-]. The van der Waals surface area contributed by atoms with E-state index in [2.05, 4.69) is 0 Å². The van der Waals surface area contributed by atoms with E-state index in [1.807, 2.05) is 0 Å². The Morgan fingerprint density at radius 3 is 1.14 bits per heavy atom. The average molecular weight is 326 g/mol. The second kappa shape index (κ2) is 16.2. The summed E-state index contributed by atoms with van der Waals surface area (Å²) in [7, 11) is 0. The van der Waals surface area contributed by atoms with Crippen LogP contribution in [0.1, 0.15) is 0 Å². The monoisotopic (exact) mass is 326 g/mol. The summed E-state index contributed by atoms with van der Waals surface area (Å²) in [4.78, 5) is 0. The third kappa shape index (κ3) is 43.6. The van der Waals surface area contributed by atoms with Crippen LogP contribution in [0.2, 0.25) is 0 Å². The number of hydrogen-bond acceptors (Lipinski definition) is 3. The van der Waals surface area contributed by atoms with Gasteiger partial charge in [0, 0.05) is 0 Å². The number of hydrogen-bond donors (Lipinski definition) is 0. The van der Waals surface area contributed by atoms with E-state index in [-0.39, 0.29) is 107 Å².